The third kappa shape index (κ3) is 1.99. The lowest BCUT2D eigenvalue weighted by molar-refractivity contribution is -0.114. The van der Waals surface area contributed by atoms with Crippen LogP contribution in [0.15, 0.2) is 0 Å². The van der Waals surface area contributed by atoms with Crippen LogP contribution in [0.3, 0.4) is 0 Å². The highest BCUT2D eigenvalue weighted by Crippen LogP contribution is 2.13. The van der Waals surface area contributed by atoms with Crippen LogP contribution in [0.1, 0.15) is 19.8 Å². The van der Waals surface area contributed by atoms with Crippen molar-refractivity contribution in [3.8, 4) is 0 Å². The first-order valence-corrected chi connectivity index (χ1v) is 3.77. The van der Waals surface area contributed by atoms with Gasteiger partial charge in [-0.1, -0.05) is 6.92 Å². The Morgan fingerprint density at radius 2 is 2.10 bits per heavy atom. The van der Waals surface area contributed by atoms with Gasteiger partial charge in [-0.25, -0.2) is 5.01 Å². The summed E-state index contributed by atoms with van der Waals surface area (Å²) in [5, 5.41) is 1.97. The molecule has 1 saturated heterocycles. The van der Waals surface area contributed by atoms with Crippen LogP contribution in [-0.4, -0.2) is 24.5 Å². The Bertz CT molecular complexity index is 108. The summed E-state index contributed by atoms with van der Waals surface area (Å²) in [6.45, 7) is 4.25. The second-order valence-corrected chi connectivity index (χ2v) is 2.92. The third-order valence-corrected chi connectivity index (χ3v) is 2.02. The highest BCUT2D eigenvalue weighted by atomic mass is 16.1. The number of nitrogens with one attached hydrogen (secondary N) is 1. The Balaban J connectivity index is 2.19. The molecule has 0 saturated carbocycles. The number of rotatable bonds is 2. The predicted octanol–water partition coefficient (Wildman–Crippen LogP) is 0.379. The average Bonchev–Trinajstić information content (AvgIpc) is 1.95. The molecule has 1 fully saturated rings. The Morgan fingerprint density at radius 3 is 2.60 bits per heavy atom. The van der Waals surface area contributed by atoms with Crippen molar-refractivity contribution in [3.63, 3.8) is 0 Å². The molecular formula is C7H14N2O. The molecular weight excluding hydrogens is 128 g/mol. The molecule has 10 heavy (non-hydrogen) atoms. The Kier molecular flexibility index (Phi) is 2.68. The van der Waals surface area contributed by atoms with Gasteiger partial charge in [0.15, 0.2) is 0 Å². The molecule has 3 nitrogen and oxygen atoms in total. The van der Waals surface area contributed by atoms with Gasteiger partial charge in [0.1, 0.15) is 0 Å². The van der Waals surface area contributed by atoms with Crippen LogP contribution >= 0.6 is 0 Å². The molecule has 0 aromatic rings. The SMILES string of the molecule is CC1CCN(NC=O)CC1. The van der Waals surface area contributed by atoms with Crippen molar-refractivity contribution in [2.75, 3.05) is 13.1 Å². The normalized spacial score (nSPS) is 22.5. The topological polar surface area (TPSA) is 32.3 Å². The maximum absolute atomic E-state index is 10.0. The van der Waals surface area contributed by atoms with Gasteiger partial charge in [-0.3, -0.25) is 10.2 Å². The lowest BCUT2D eigenvalue weighted by Gasteiger charge is -2.28. The van der Waals surface area contributed by atoms with E-state index in [1.54, 1.807) is 0 Å². The fourth-order valence-corrected chi connectivity index (χ4v) is 1.21. The highest BCUT2D eigenvalue weighted by molar-refractivity contribution is 5.44. The molecule has 1 aliphatic rings. The predicted molar refractivity (Wildman–Crippen MR) is 39.2 cm³/mol. The lowest BCUT2D eigenvalue weighted by Crippen LogP contribution is -2.42. The lowest BCUT2D eigenvalue weighted by atomic mass is 10.0. The largest absolute Gasteiger partial charge is 0.292 e. The maximum atomic E-state index is 10.0. The number of carbonyl (C=O) groups excluding carboxylic acids is 1. The van der Waals surface area contributed by atoms with Crippen LogP contribution in [0.5, 0.6) is 0 Å². The molecule has 1 N–H and O–H groups in total. The van der Waals surface area contributed by atoms with Gasteiger partial charge < -0.3 is 0 Å². The highest BCUT2D eigenvalue weighted by Gasteiger charge is 2.13. The summed E-state index contributed by atoms with van der Waals surface area (Å²) in [6, 6.07) is 0. The Hall–Kier alpha value is -0.570. The van der Waals surface area contributed by atoms with Gasteiger partial charge in [-0.2, -0.15) is 0 Å². The third-order valence-electron chi connectivity index (χ3n) is 2.02. The van der Waals surface area contributed by atoms with Crippen molar-refractivity contribution in [2.45, 2.75) is 19.8 Å². The van der Waals surface area contributed by atoms with Gasteiger partial charge in [0, 0.05) is 13.1 Å². The van der Waals surface area contributed by atoms with E-state index in [9.17, 15) is 4.79 Å². The first-order chi connectivity index (χ1) is 4.83. The summed E-state index contributed by atoms with van der Waals surface area (Å²) in [7, 11) is 0. The minimum atomic E-state index is 0.746. The molecule has 1 amide bonds. The van der Waals surface area contributed by atoms with E-state index >= 15 is 0 Å². The molecule has 0 aliphatic carbocycles. The van der Waals surface area contributed by atoms with Gasteiger partial charge in [0.25, 0.3) is 0 Å². The van der Waals surface area contributed by atoms with Crippen molar-refractivity contribution in [3.05, 3.63) is 0 Å². The fraction of sp³-hybridized carbons (Fsp3) is 0.857. The quantitative estimate of drug-likeness (QED) is 0.565. The summed E-state index contributed by atoms with van der Waals surface area (Å²) in [5.41, 5.74) is 2.66. The molecule has 0 unspecified atom stereocenters. The molecule has 0 aromatic carbocycles. The minimum Gasteiger partial charge on any atom is -0.292 e. The van der Waals surface area contributed by atoms with Crippen molar-refractivity contribution >= 4 is 6.41 Å². The summed E-state index contributed by atoms with van der Waals surface area (Å²) < 4.78 is 0. The Labute approximate surface area is 61.4 Å². The van der Waals surface area contributed by atoms with E-state index in [-0.39, 0.29) is 0 Å². The Morgan fingerprint density at radius 1 is 1.50 bits per heavy atom. The van der Waals surface area contributed by atoms with Gasteiger partial charge in [-0.05, 0) is 18.8 Å². The molecule has 0 atom stereocenters. The second-order valence-electron chi connectivity index (χ2n) is 2.92. The standard InChI is InChI=1S/C7H14N2O/c1-7-2-4-9(5-3-7)8-6-10/h6-7H,2-5H2,1H3,(H,8,10). The number of piperidine rings is 1. The van der Waals surface area contributed by atoms with E-state index < -0.39 is 0 Å². The summed E-state index contributed by atoms with van der Waals surface area (Å²) in [5.74, 6) is 0.824. The zero-order valence-electron chi connectivity index (χ0n) is 6.34. The number of carbonyl (C=O) groups is 1. The first kappa shape index (κ1) is 7.54. The molecule has 58 valence electrons. The molecule has 1 rings (SSSR count). The maximum Gasteiger partial charge on any atom is 0.221 e. The van der Waals surface area contributed by atoms with Crippen molar-refractivity contribution in [1.82, 2.24) is 10.4 Å². The van der Waals surface area contributed by atoms with E-state index in [0.29, 0.717) is 0 Å². The van der Waals surface area contributed by atoms with E-state index in [2.05, 4.69) is 12.3 Å². The smallest absolute Gasteiger partial charge is 0.221 e. The average molecular weight is 142 g/mol. The molecule has 3 heteroatoms. The number of hydrazine groups is 1. The van der Waals surface area contributed by atoms with Crippen molar-refractivity contribution in [1.29, 1.82) is 0 Å². The van der Waals surface area contributed by atoms with Gasteiger partial charge in [0.05, 0.1) is 0 Å². The molecule has 1 heterocycles. The van der Waals surface area contributed by atoms with E-state index in [1.807, 2.05) is 5.01 Å². The first-order valence-electron chi connectivity index (χ1n) is 3.77. The molecule has 0 spiro atoms. The van der Waals surface area contributed by atoms with Crippen LogP contribution < -0.4 is 5.43 Å². The van der Waals surface area contributed by atoms with Gasteiger partial charge in [0.2, 0.25) is 6.41 Å². The molecule has 1 aliphatic heterocycles. The summed E-state index contributed by atoms with van der Waals surface area (Å²) in [6.07, 6.45) is 3.14. The second kappa shape index (κ2) is 3.56. The zero-order chi connectivity index (χ0) is 7.40. The van der Waals surface area contributed by atoms with E-state index in [1.165, 1.54) is 12.8 Å². The molecule has 0 bridgehead atoms. The van der Waals surface area contributed by atoms with Crippen LogP contribution in [0, 0.1) is 5.92 Å². The van der Waals surface area contributed by atoms with Crippen molar-refractivity contribution in [2.24, 2.45) is 5.92 Å². The van der Waals surface area contributed by atoms with Crippen LogP contribution in [0.25, 0.3) is 0 Å². The van der Waals surface area contributed by atoms with Crippen LogP contribution in [-0.2, 0) is 4.79 Å². The number of hydrogen-bond donors (Lipinski definition) is 1. The monoisotopic (exact) mass is 142 g/mol. The van der Waals surface area contributed by atoms with E-state index in [0.717, 1.165) is 25.4 Å². The van der Waals surface area contributed by atoms with Crippen LogP contribution in [0.2, 0.25) is 0 Å². The summed E-state index contributed by atoms with van der Waals surface area (Å²) in [4.78, 5) is 10.0. The van der Waals surface area contributed by atoms with Crippen LogP contribution in [0.4, 0.5) is 0 Å². The van der Waals surface area contributed by atoms with Gasteiger partial charge >= 0.3 is 0 Å². The number of hydrogen-bond acceptors (Lipinski definition) is 2. The van der Waals surface area contributed by atoms with Gasteiger partial charge in [-0.15, -0.1) is 0 Å². The molecule has 0 radical (unpaired) electrons. The van der Waals surface area contributed by atoms with Crippen molar-refractivity contribution < 1.29 is 4.79 Å². The fourth-order valence-electron chi connectivity index (χ4n) is 1.21. The zero-order valence-corrected chi connectivity index (χ0v) is 6.34. The number of amides is 1. The minimum absolute atomic E-state index is 0.746. The molecule has 0 aromatic heterocycles. The summed E-state index contributed by atoms with van der Waals surface area (Å²) >= 11 is 0. The van der Waals surface area contributed by atoms with E-state index in [4.69, 9.17) is 0 Å². The number of nitrogens with zero attached hydrogens (tertiary/aromatic N) is 1.